The average Bonchev–Trinajstić information content (AvgIpc) is 2.04. The molecular formula is C11H18. The molecule has 0 saturated carbocycles. The van der Waals surface area contributed by atoms with Crippen LogP contribution in [0.5, 0.6) is 0 Å². The minimum absolute atomic E-state index is 1.75. The number of hydrogen-bond acceptors (Lipinski definition) is 0. The van der Waals surface area contributed by atoms with Crippen molar-refractivity contribution in [2.45, 2.75) is 20.8 Å². The predicted molar refractivity (Wildman–Crippen MR) is 54.6 cm³/mol. The number of rotatable bonds is 2. The van der Waals surface area contributed by atoms with Crippen LogP contribution >= 0.6 is 0 Å². The molecule has 0 fully saturated rings. The summed E-state index contributed by atoms with van der Waals surface area (Å²) in [5.74, 6) is 0. The van der Waals surface area contributed by atoms with E-state index in [0.717, 1.165) is 0 Å². The lowest BCUT2D eigenvalue weighted by Gasteiger charge is -1.62. The van der Waals surface area contributed by atoms with Gasteiger partial charge < -0.3 is 0 Å². The van der Waals surface area contributed by atoms with Crippen LogP contribution in [0.2, 0.25) is 0 Å². The first kappa shape index (κ1) is 12.6. The lowest BCUT2D eigenvalue weighted by molar-refractivity contribution is 1.69. The van der Waals surface area contributed by atoms with Gasteiger partial charge in [0.25, 0.3) is 0 Å². The van der Waals surface area contributed by atoms with Crippen LogP contribution in [0.1, 0.15) is 20.8 Å². The van der Waals surface area contributed by atoms with E-state index in [0.29, 0.717) is 0 Å². The molecule has 0 rings (SSSR count). The quantitative estimate of drug-likeness (QED) is 0.524. The second-order valence-electron chi connectivity index (χ2n) is 1.81. The summed E-state index contributed by atoms with van der Waals surface area (Å²) in [6, 6.07) is 0. The number of allylic oxidation sites excluding steroid dienone is 7. The zero-order valence-electron chi connectivity index (χ0n) is 7.75. The van der Waals surface area contributed by atoms with Crippen molar-refractivity contribution >= 4 is 0 Å². The molecule has 11 heavy (non-hydrogen) atoms. The standard InChI is InChI=1S/C6H10.C5H8/c1-3-5-6-4-2;1-3-5-4-2/h3-6H,1-2H3;3-5H,1H2,2H3/b5-3+,6-4+;5-4+. The fourth-order valence-corrected chi connectivity index (χ4v) is 0.358. The van der Waals surface area contributed by atoms with Gasteiger partial charge in [-0.3, -0.25) is 0 Å². The van der Waals surface area contributed by atoms with Crippen molar-refractivity contribution in [1.29, 1.82) is 0 Å². The molecule has 0 nitrogen and oxygen atoms in total. The Morgan fingerprint density at radius 2 is 1.09 bits per heavy atom. The maximum absolute atomic E-state index is 3.46. The van der Waals surface area contributed by atoms with Gasteiger partial charge in [0.2, 0.25) is 0 Å². The van der Waals surface area contributed by atoms with Gasteiger partial charge in [0.15, 0.2) is 0 Å². The fraction of sp³-hybridized carbons (Fsp3) is 0.273. The molecule has 0 radical (unpaired) electrons. The fourth-order valence-electron chi connectivity index (χ4n) is 0.358. The SMILES string of the molecule is C/C=C/C=C/C.C=C/C=C/C. The highest BCUT2D eigenvalue weighted by Gasteiger charge is 1.48. The largest absolute Gasteiger partial charge is 0.0991 e. The molecular weight excluding hydrogens is 132 g/mol. The molecule has 0 bridgehead atoms. The lowest BCUT2D eigenvalue weighted by Crippen LogP contribution is -1.40. The van der Waals surface area contributed by atoms with Gasteiger partial charge in [0, 0.05) is 0 Å². The van der Waals surface area contributed by atoms with Crippen LogP contribution in [0.15, 0.2) is 49.1 Å². The van der Waals surface area contributed by atoms with Gasteiger partial charge in [-0.1, -0.05) is 49.1 Å². The van der Waals surface area contributed by atoms with E-state index in [1.165, 1.54) is 0 Å². The van der Waals surface area contributed by atoms with Crippen LogP contribution in [-0.2, 0) is 0 Å². The molecule has 0 saturated heterocycles. The molecule has 62 valence electrons. The molecule has 0 aromatic rings. The van der Waals surface area contributed by atoms with Crippen LogP contribution in [0.25, 0.3) is 0 Å². The Morgan fingerprint density at radius 1 is 0.727 bits per heavy atom. The van der Waals surface area contributed by atoms with Gasteiger partial charge in [-0.15, -0.1) is 0 Å². The second-order valence-corrected chi connectivity index (χ2v) is 1.81. The van der Waals surface area contributed by atoms with E-state index >= 15 is 0 Å². The van der Waals surface area contributed by atoms with Gasteiger partial charge in [-0.05, 0) is 20.8 Å². The van der Waals surface area contributed by atoms with Gasteiger partial charge >= 0.3 is 0 Å². The first-order chi connectivity index (χ1) is 5.33. The maximum Gasteiger partial charge on any atom is -0.0467 e. The molecule has 0 aliphatic rings. The Morgan fingerprint density at radius 3 is 1.18 bits per heavy atom. The minimum atomic E-state index is 1.75. The first-order valence-electron chi connectivity index (χ1n) is 3.81. The van der Waals surface area contributed by atoms with Crippen LogP contribution in [0.4, 0.5) is 0 Å². The van der Waals surface area contributed by atoms with Gasteiger partial charge in [0.1, 0.15) is 0 Å². The normalized spacial score (nSPS) is 10.5. The van der Waals surface area contributed by atoms with Crippen molar-refractivity contribution in [3.8, 4) is 0 Å². The summed E-state index contributed by atoms with van der Waals surface area (Å²) in [6.07, 6.45) is 13.6. The first-order valence-corrected chi connectivity index (χ1v) is 3.81. The average molecular weight is 150 g/mol. The van der Waals surface area contributed by atoms with E-state index < -0.39 is 0 Å². The smallest absolute Gasteiger partial charge is 0.0467 e. The third kappa shape index (κ3) is 27.7. The third-order valence-electron chi connectivity index (χ3n) is 0.825. The molecule has 0 unspecified atom stereocenters. The lowest BCUT2D eigenvalue weighted by atomic mass is 10.5. The molecule has 0 spiro atoms. The van der Waals surface area contributed by atoms with Gasteiger partial charge in [0.05, 0.1) is 0 Å². The van der Waals surface area contributed by atoms with Crippen LogP contribution in [-0.4, -0.2) is 0 Å². The summed E-state index contributed by atoms with van der Waals surface area (Å²) in [5, 5.41) is 0. The summed E-state index contributed by atoms with van der Waals surface area (Å²) in [5.41, 5.74) is 0. The van der Waals surface area contributed by atoms with Gasteiger partial charge in [-0.2, -0.15) is 0 Å². The Balaban J connectivity index is 0. The highest BCUT2D eigenvalue weighted by molar-refractivity contribution is 4.98. The summed E-state index contributed by atoms with van der Waals surface area (Å²) in [4.78, 5) is 0. The summed E-state index contributed by atoms with van der Waals surface area (Å²) in [7, 11) is 0. The van der Waals surface area contributed by atoms with E-state index in [-0.39, 0.29) is 0 Å². The zero-order valence-corrected chi connectivity index (χ0v) is 7.75. The monoisotopic (exact) mass is 150 g/mol. The van der Waals surface area contributed by atoms with E-state index in [2.05, 4.69) is 6.58 Å². The zero-order chi connectivity index (χ0) is 8.95. The minimum Gasteiger partial charge on any atom is -0.0991 e. The van der Waals surface area contributed by atoms with E-state index in [1.807, 2.05) is 57.2 Å². The van der Waals surface area contributed by atoms with E-state index in [1.54, 1.807) is 6.08 Å². The Kier molecular flexibility index (Phi) is 18.3. The van der Waals surface area contributed by atoms with Crippen LogP contribution in [0.3, 0.4) is 0 Å². The van der Waals surface area contributed by atoms with Crippen molar-refractivity contribution in [2.24, 2.45) is 0 Å². The van der Waals surface area contributed by atoms with Crippen molar-refractivity contribution in [2.75, 3.05) is 0 Å². The van der Waals surface area contributed by atoms with Crippen LogP contribution in [0, 0.1) is 0 Å². The summed E-state index contributed by atoms with van der Waals surface area (Å²) >= 11 is 0. The van der Waals surface area contributed by atoms with E-state index in [9.17, 15) is 0 Å². The third-order valence-corrected chi connectivity index (χ3v) is 0.825. The van der Waals surface area contributed by atoms with E-state index in [4.69, 9.17) is 0 Å². The maximum atomic E-state index is 3.46. The summed E-state index contributed by atoms with van der Waals surface area (Å²) in [6.45, 7) is 9.42. The second kappa shape index (κ2) is 16.0. The topological polar surface area (TPSA) is 0 Å². The Labute approximate surface area is 70.6 Å². The van der Waals surface area contributed by atoms with Gasteiger partial charge in [-0.25, -0.2) is 0 Å². The molecule has 0 N–H and O–H groups in total. The molecule has 0 heteroatoms. The van der Waals surface area contributed by atoms with Crippen molar-refractivity contribution in [3.05, 3.63) is 49.1 Å². The molecule has 0 amide bonds. The van der Waals surface area contributed by atoms with Crippen molar-refractivity contribution < 1.29 is 0 Å². The van der Waals surface area contributed by atoms with Crippen molar-refractivity contribution in [1.82, 2.24) is 0 Å². The van der Waals surface area contributed by atoms with Crippen LogP contribution < -0.4 is 0 Å². The predicted octanol–water partition coefficient (Wildman–Crippen LogP) is 3.89. The van der Waals surface area contributed by atoms with Crippen molar-refractivity contribution in [3.63, 3.8) is 0 Å². The molecule has 0 aliphatic heterocycles. The highest BCUT2D eigenvalue weighted by Crippen LogP contribution is 1.71. The molecule has 0 aliphatic carbocycles. The molecule has 0 aromatic carbocycles. The molecule has 0 heterocycles. The number of hydrogen-bond donors (Lipinski definition) is 0. The molecule has 0 atom stereocenters. The highest BCUT2D eigenvalue weighted by atomic mass is 13.6. The Hall–Kier alpha value is -1.04. The summed E-state index contributed by atoms with van der Waals surface area (Å²) < 4.78 is 0. The molecule has 0 aromatic heterocycles. The Bertz CT molecular complexity index is 126.